The van der Waals surface area contributed by atoms with Gasteiger partial charge in [-0.25, -0.2) is 0 Å². The number of aliphatic hydroxyl groups is 1. The molecular formula is C19H38O3. The van der Waals surface area contributed by atoms with Gasteiger partial charge in [0, 0.05) is 20.8 Å². The number of allylic oxidation sites excluding steroid dienone is 1. The number of hydrogen-bond donors (Lipinski definition) is 1. The average molecular weight is 315 g/mol. The van der Waals surface area contributed by atoms with E-state index in [1.54, 1.807) is 14.2 Å². The summed E-state index contributed by atoms with van der Waals surface area (Å²) in [6.07, 6.45) is 20.6. The lowest BCUT2D eigenvalue weighted by molar-refractivity contribution is -0.107. The average Bonchev–Trinajstić information content (AvgIpc) is 2.55. The minimum absolute atomic E-state index is 0.0153. The fourth-order valence-corrected chi connectivity index (χ4v) is 2.63. The first-order chi connectivity index (χ1) is 10.8. The Labute approximate surface area is 138 Å². The lowest BCUT2D eigenvalue weighted by Crippen LogP contribution is -2.12. The van der Waals surface area contributed by atoms with Gasteiger partial charge in [-0.05, 0) is 32.1 Å². The van der Waals surface area contributed by atoms with Crippen molar-refractivity contribution in [3.8, 4) is 0 Å². The second-order valence-electron chi connectivity index (χ2n) is 6.00. The molecule has 0 amide bonds. The first kappa shape index (κ1) is 21.6. The third-order valence-corrected chi connectivity index (χ3v) is 4.05. The van der Waals surface area contributed by atoms with E-state index in [9.17, 15) is 0 Å². The molecule has 0 fully saturated rings. The monoisotopic (exact) mass is 314 g/mol. The van der Waals surface area contributed by atoms with E-state index in [0.29, 0.717) is 0 Å². The molecule has 0 atom stereocenters. The third kappa shape index (κ3) is 16.0. The van der Waals surface area contributed by atoms with Crippen molar-refractivity contribution in [2.45, 2.75) is 89.8 Å². The van der Waals surface area contributed by atoms with E-state index >= 15 is 0 Å². The molecule has 0 saturated heterocycles. The Hall–Kier alpha value is -0.380. The standard InChI is InChI=1S/C19H38O3/c1-21-19(22-2)17-15-13-11-9-7-5-3-4-6-8-10-12-14-16-18-20/h12,14,19-20H,3-11,13,15-18H2,1-2H3/b14-12+. The maximum Gasteiger partial charge on any atom is 0.156 e. The predicted octanol–water partition coefficient (Wildman–Crippen LogP) is 5.23. The summed E-state index contributed by atoms with van der Waals surface area (Å²) in [6, 6.07) is 0. The van der Waals surface area contributed by atoms with E-state index in [1.165, 1.54) is 70.6 Å². The predicted molar refractivity (Wildman–Crippen MR) is 94.1 cm³/mol. The van der Waals surface area contributed by atoms with Gasteiger partial charge >= 0.3 is 0 Å². The first-order valence-corrected chi connectivity index (χ1v) is 9.16. The van der Waals surface area contributed by atoms with Gasteiger partial charge < -0.3 is 14.6 Å². The van der Waals surface area contributed by atoms with E-state index in [-0.39, 0.29) is 12.9 Å². The van der Waals surface area contributed by atoms with Crippen LogP contribution in [-0.2, 0) is 9.47 Å². The minimum Gasteiger partial charge on any atom is -0.396 e. The van der Waals surface area contributed by atoms with Crippen LogP contribution in [0, 0.1) is 0 Å². The van der Waals surface area contributed by atoms with Crippen molar-refractivity contribution in [1.82, 2.24) is 0 Å². The van der Waals surface area contributed by atoms with Gasteiger partial charge in [-0.1, -0.05) is 63.5 Å². The van der Waals surface area contributed by atoms with Gasteiger partial charge in [0.25, 0.3) is 0 Å². The Bertz CT molecular complexity index is 225. The highest BCUT2D eigenvalue weighted by Crippen LogP contribution is 2.13. The molecule has 0 aliphatic rings. The van der Waals surface area contributed by atoms with E-state index in [0.717, 1.165) is 12.8 Å². The molecule has 132 valence electrons. The second-order valence-corrected chi connectivity index (χ2v) is 6.00. The van der Waals surface area contributed by atoms with Crippen molar-refractivity contribution in [1.29, 1.82) is 0 Å². The van der Waals surface area contributed by atoms with E-state index in [1.807, 2.05) is 0 Å². The Kier molecular flexibility index (Phi) is 18.3. The molecule has 3 heteroatoms. The molecule has 1 N–H and O–H groups in total. The van der Waals surface area contributed by atoms with Crippen LogP contribution in [0.4, 0.5) is 0 Å². The van der Waals surface area contributed by atoms with Gasteiger partial charge in [0.05, 0.1) is 0 Å². The van der Waals surface area contributed by atoms with E-state index in [2.05, 4.69) is 12.2 Å². The smallest absolute Gasteiger partial charge is 0.156 e. The second kappa shape index (κ2) is 18.7. The van der Waals surface area contributed by atoms with Gasteiger partial charge in [0.15, 0.2) is 6.29 Å². The fraction of sp³-hybridized carbons (Fsp3) is 0.895. The van der Waals surface area contributed by atoms with Crippen LogP contribution >= 0.6 is 0 Å². The largest absolute Gasteiger partial charge is 0.396 e. The molecule has 0 aromatic heterocycles. The molecule has 0 aromatic rings. The zero-order valence-electron chi connectivity index (χ0n) is 14.9. The molecule has 0 spiro atoms. The Balaban J connectivity index is 3.08. The van der Waals surface area contributed by atoms with Crippen LogP contribution in [-0.4, -0.2) is 32.2 Å². The molecule has 0 radical (unpaired) electrons. The highest BCUT2D eigenvalue weighted by Gasteiger charge is 2.03. The van der Waals surface area contributed by atoms with Gasteiger partial charge in [0.2, 0.25) is 0 Å². The van der Waals surface area contributed by atoms with Crippen LogP contribution in [0.1, 0.15) is 83.5 Å². The lowest BCUT2D eigenvalue weighted by atomic mass is 10.0. The highest BCUT2D eigenvalue weighted by atomic mass is 16.7. The first-order valence-electron chi connectivity index (χ1n) is 9.16. The zero-order valence-corrected chi connectivity index (χ0v) is 14.9. The lowest BCUT2D eigenvalue weighted by Gasteiger charge is -2.12. The van der Waals surface area contributed by atoms with Crippen molar-refractivity contribution >= 4 is 0 Å². The van der Waals surface area contributed by atoms with Crippen molar-refractivity contribution < 1.29 is 14.6 Å². The fourth-order valence-electron chi connectivity index (χ4n) is 2.63. The molecule has 0 rings (SSSR count). The number of hydrogen-bond acceptors (Lipinski definition) is 3. The molecule has 0 unspecified atom stereocenters. The summed E-state index contributed by atoms with van der Waals surface area (Å²) in [5.74, 6) is 0. The number of rotatable bonds is 17. The molecule has 0 aliphatic heterocycles. The van der Waals surface area contributed by atoms with Gasteiger partial charge in [-0.3, -0.25) is 0 Å². The maximum absolute atomic E-state index is 8.64. The maximum atomic E-state index is 8.64. The van der Waals surface area contributed by atoms with Gasteiger partial charge in [0.1, 0.15) is 0 Å². The summed E-state index contributed by atoms with van der Waals surface area (Å²) in [6.45, 7) is 0.274. The zero-order chi connectivity index (χ0) is 16.3. The van der Waals surface area contributed by atoms with Crippen LogP contribution in [0.25, 0.3) is 0 Å². The van der Waals surface area contributed by atoms with E-state index in [4.69, 9.17) is 14.6 Å². The Morgan fingerprint density at radius 3 is 1.64 bits per heavy atom. The topological polar surface area (TPSA) is 38.7 Å². The molecular weight excluding hydrogens is 276 g/mol. The SMILES string of the molecule is COC(CCCCCCCCCCCC/C=C/CCO)OC. The molecule has 3 nitrogen and oxygen atoms in total. The molecule has 0 aromatic carbocycles. The van der Waals surface area contributed by atoms with Gasteiger partial charge in [-0.15, -0.1) is 0 Å². The Morgan fingerprint density at radius 2 is 1.14 bits per heavy atom. The summed E-state index contributed by atoms with van der Waals surface area (Å²) >= 11 is 0. The van der Waals surface area contributed by atoms with Crippen LogP contribution in [0.5, 0.6) is 0 Å². The number of methoxy groups -OCH3 is 2. The quantitative estimate of drug-likeness (QED) is 0.227. The Morgan fingerprint density at radius 1 is 0.682 bits per heavy atom. The molecule has 22 heavy (non-hydrogen) atoms. The number of unbranched alkanes of at least 4 members (excludes halogenated alkanes) is 10. The van der Waals surface area contributed by atoms with Crippen LogP contribution in [0.3, 0.4) is 0 Å². The minimum atomic E-state index is -0.0153. The molecule has 0 heterocycles. The van der Waals surface area contributed by atoms with Crippen molar-refractivity contribution in [3.63, 3.8) is 0 Å². The van der Waals surface area contributed by atoms with Crippen molar-refractivity contribution in [2.75, 3.05) is 20.8 Å². The summed E-state index contributed by atoms with van der Waals surface area (Å²) in [4.78, 5) is 0. The van der Waals surface area contributed by atoms with Crippen LogP contribution in [0.2, 0.25) is 0 Å². The van der Waals surface area contributed by atoms with Crippen LogP contribution < -0.4 is 0 Å². The van der Waals surface area contributed by atoms with Crippen LogP contribution in [0.15, 0.2) is 12.2 Å². The number of ether oxygens (including phenoxy) is 2. The van der Waals surface area contributed by atoms with Crippen molar-refractivity contribution in [3.05, 3.63) is 12.2 Å². The number of aliphatic hydroxyl groups excluding tert-OH is 1. The highest BCUT2D eigenvalue weighted by molar-refractivity contribution is 4.80. The van der Waals surface area contributed by atoms with Gasteiger partial charge in [-0.2, -0.15) is 0 Å². The summed E-state index contributed by atoms with van der Waals surface area (Å²) in [5.41, 5.74) is 0. The molecule has 0 saturated carbocycles. The third-order valence-electron chi connectivity index (χ3n) is 4.05. The summed E-state index contributed by atoms with van der Waals surface area (Å²) < 4.78 is 10.4. The van der Waals surface area contributed by atoms with Crippen molar-refractivity contribution in [2.24, 2.45) is 0 Å². The summed E-state index contributed by atoms with van der Waals surface area (Å²) in [7, 11) is 3.42. The normalized spacial score (nSPS) is 11.8. The molecule has 0 aliphatic carbocycles. The summed E-state index contributed by atoms with van der Waals surface area (Å²) in [5, 5.41) is 8.64. The molecule has 0 bridgehead atoms. The van der Waals surface area contributed by atoms with E-state index < -0.39 is 0 Å².